The normalized spacial score (nSPS) is 11.7. The van der Waals surface area contributed by atoms with Crippen molar-refractivity contribution in [3.05, 3.63) is 29.8 Å². The summed E-state index contributed by atoms with van der Waals surface area (Å²) in [4.78, 5) is 23.5. The molecular formula is C15H23N3O2S. The van der Waals surface area contributed by atoms with Crippen molar-refractivity contribution in [3.8, 4) is 0 Å². The molecule has 0 aliphatic carbocycles. The molecule has 5 nitrogen and oxygen atoms in total. The van der Waals surface area contributed by atoms with Crippen molar-refractivity contribution >= 4 is 29.3 Å². The quantitative estimate of drug-likeness (QED) is 0.503. The van der Waals surface area contributed by atoms with Crippen LogP contribution in [-0.4, -0.2) is 35.9 Å². The van der Waals surface area contributed by atoms with Crippen LogP contribution < -0.4 is 16.4 Å². The zero-order chi connectivity index (χ0) is 15.7. The molecule has 0 fully saturated rings. The number of hydrogen-bond donors (Lipinski definition) is 3. The van der Waals surface area contributed by atoms with Crippen LogP contribution in [0.3, 0.4) is 0 Å². The second-order valence-electron chi connectivity index (χ2n) is 4.76. The van der Waals surface area contributed by atoms with E-state index >= 15 is 0 Å². The van der Waals surface area contributed by atoms with Gasteiger partial charge in [0.1, 0.15) is 0 Å². The van der Waals surface area contributed by atoms with E-state index in [1.54, 1.807) is 24.3 Å². The molecule has 0 spiro atoms. The Morgan fingerprint density at radius 2 is 1.95 bits per heavy atom. The lowest BCUT2D eigenvalue weighted by Crippen LogP contribution is -2.41. The number of nitrogens with one attached hydrogen (secondary N) is 2. The number of nitrogens with two attached hydrogens (primary N) is 1. The van der Waals surface area contributed by atoms with Gasteiger partial charge in [-0.25, -0.2) is 0 Å². The zero-order valence-corrected chi connectivity index (χ0v) is 13.3. The average Bonchev–Trinajstić information content (AvgIpc) is 2.46. The monoisotopic (exact) mass is 309 g/mol. The third kappa shape index (κ3) is 7.04. The van der Waals surface area contributed by atoms with E-state index in [9.17, 15) is 9.59 Å². The van der Waals surface area contributed by atoms with Gasteiger partial charge < -0.3 is 16.4 Å². The van der Waals surface area contributed by atoms with Crippen molar-refractivity contribution in [2.45, 2.75) is 26.3 Å². The van der Waals surface area contributed by atoms with Crippen LogP contribution in [0.4, 0.5) is 5.69 Å². The van der Waals surface area contributed by atoms with E-state index in [0.717, 1.165) is 17.9 Å². The Kier molecular flexibility index (Phi) is 7.68. The van der Waals surface area contributed by atoms with Gasteiger partial charge in [-0.05, 0) is 49.1 Å². The van der Waals surface area contributed by atoms with Gasteiger partial charge in [0.25, 0.3) is 5.91 Å². The molecule has 116 valence electrons. The van der Waals surface area contributed by atoms with Gasteiger partial charge in [-0.1, -0.05) is 6.92 Å². The molecule has 0 aliphatic heterocycles. The number of amides is 2. The molecular weight excluding hydrogens is 286 g/mol. The van der Waals surface area contributed by atoms with Crippen LogP contribution in [0.2, 0.25) is 0 Å². The van der Waals surface area contributed by atoms with Gasteiger partial charge in [-0.3, -0.25) is 9.59 Å². The van der Waals surface area contributed by atoms with Crippen LogP contribution in [-0.2, 0) is 4.79 Å². The summed E-state index contributed by atoms with van der Waals surface area (Å²) in [7, 11) is 0. The summed E-state index contributed by atoms with van der Waals surface area (Å²) < 4.78 is 0. The molecule has 4 N–H and O–H groups in total. The Morgan fingerprint density at radius 3 is 2.57 bits per heavy atom. The number of thioether (sulfide) groups is 1. The number of hydrogen-bond acceptors (Lipinski definition) is 4. The largest absolute Gasteiger partial charge is 0.399 e. The predicted molar refractivity (Wildman–Crippen MR) is 88.4 cm³/mol. The van der Waals surface area contributed by atoms with Gasteiger partial charge in [0.2, 0.25) is 5.91 Å². The maximum atomic E-state index is 11.8. The Labute approximate surface area is 130 Å². The summed E-state index contributed by atoms with van der Waals surface area (Å²) in [5, 5.41) is 5.46. The van der Waals surface area contributed by atoms with Crippen LogP contribution in [0.1, 0.15) is 30.6 Å². The molecule has 0 saturated heterocycles. The van der Waals surface area contributed by atoms with Gasteiger partial charge in [-0.2, -0.15) is 11.8 Å². The van der Waals surface area contributed by atoms with E-state index in [1.165, 1.54) is 0 Å². The Balaban J connectivity index is 2.29. The minimum atomic E-state index is -0.278. The first kappa shape index (κ1) is 17.4. The number of rotatable bonds is 8. The molecule has 1 aromatic carbocycles. The van der Waals surface area contributed by atoms with E-state index in [1.807, 2.05) is 18.7 Å². The lowest BCUT2D eigenvalue weighted by atomic mass is 10.2. The van der Waals surface area contributed by atoms with Crippen LogP contribution in [0.25, 0.3) is 0 Å². The third-order valence-corrected chi connectivity index (χ3v) is 3.82. The molecule has 0 saturated carbocycles. The summed E-state index contributed by atoms with van der Waals surface area (Å²) in [6.07, 6.45) is 0.927. The summed E-state index contributed by atoms with van der Waals surface area (Å²) in [6, 6.07) is 6.69. The van der Waals surface area contributed by atoms with E-state index < -0.39 is 0 Å². The fourth-order valence-electron chi connectivity index (χ4n) is 1.70. The third-order valence-electron chi connectivity index (χ3n) is 2.89. The van der Waals surface area contributed by atoms with Gasteiger partial charge >= 0.3 is 0 Å². The smallest absolute Gasteiger partial charge is 0.251 e. The maximum Gasteiger partial charge on any atom is 0.251 e. The highest BCUT2D eigenvalue weighted by Crippen LogP contribution is 2.05. The van der Waals surface area contributed by atoms with Gasteiger partial charge in [0, 0.05) is 17.3 Å². The molecule has 1 unspecified atom stereocenters. The highest BCUT2D eigenvalue weighted by Gasteiger charge is 2.10. The van der Waals surface area contributed by atoms with Crippen LogP contribution in [0, 0.1) is 0 Å². The lowest BCUT2D eigenvalue weighted by molar-refractivity contribution is -0.120. The topological polar surface area (TPSA) is 84.2 Å². The van der Waals surface area contributed by atoms with E-state index in [0.29, 0.717) is 11.3 Å². The van der Waals surface area contributed by atoms with Crippen molar-refractivity contribution in [3.63, 3.8) is 0 Å². The van der Waals surface area contributed by atoms with E-state index in [4.69, 9.17) is 5.73 Å². The van der Waals surface area contributed by atoms with Crippen LogP contribution in [0.15, 0.2) is 24.3 Å². The molecule has 0 aliphatic rings. The number of anilines is 1. The average molecular weight is 309 g/mol. The predicted octanol–water partition coefficient (Wildman–Crippen LogP) is 1.65. The standard InChI is InChI=1S/C15H23N3O2S/c1-3-21-9-8-11(2)18-14(19)10-17-15(20)12-4-6-13(16)7-5-12/h4-7,11H,3,8-10,16H2,1-2H3,(H,17,20)(H,18,19). The Bertz CT molecular complexity index is 462. The molecule has 1 rings (SSSR count). The molecule has 0 bridgehead atoms. The summed E-state index contributed by atoms with van der Waals surface area (Å²) >= 11 is 1.85. The van der Waals surface area contributed by atoms with Crippen molar-refractivity contribution in [2.75, 3.05) is 23.8 Å². The maximum absolute atomic E-state index is 11.8. The van der Waals surface area contributed by atoms with E-state index in [-0.39, 0.29) is 24.4 Å². The first-order chi connectivity index (χ1) is 10.0. The molecule has 0 radical (unpaired) electrons. The lowest BCUT2D eigenvalue weighted by Gasteiger charge is -2.13. The SMILES string of the molecule is CCSCCC(C)NC(=O)CNC(=O)c1ccc(N)cc1. The zero-order valence-electron chi connectivity index (χ0n) is 12.5. The molecule has 0 heterocycles. The second-order valence-corrected chi connectivity index (χ2v) is 6.15. The minimum absolute atomic E-state index is 0.0194. The van der Waals surface area contributed by atoms with E-state index in [2.05, 4.69) is 17.6 Å². The molecule has 6 heteroatoms. The fourth-order valence-corrected chi connectivity index (χ4v) is 2.51. The van der Waals surface area contributed by atoms with Crippen molar-refractivity contribution in [1.29, 1.82) is 0 Å². The first-order valence-corrected chi connectivity index (χ1v) is 8.19. The number of carbonyl (C=O) groups is 2. The van der Waals surface area contributed by atoms with Crippen molar-refractivity contribution in [2.24, 2.45) is 0 Å². The molecule has 1 aromatic rings. The molecule has 21 heavy (non-hydrogen) atoms. The molecule has 0 aromatic heterocycles. The van der Waals surface area contributed by atoms with Crippen molar-refractivity contribution < 1.29 is 9.59 Å². The van der Waals surface area contributed by atoms with Crippen LogP contribution >= 0.6 is 11.8 Å². The summed E-state index contributed by atoms with van der Waals surface area (Å²) in [5.41, 5.74) is 6.65. The number of benzene rings is 1. The summed E-state index contributed by atoms with van der Waals surface area (Å²) in [6.45, 7) is 4.06. The Hall–Kier alpha value is -1.69. The minimum Gasteiger partial charge on any atom is -0.399 e. The summed E-state index contributed by atoms with van der Waals surface area (Å²) in [5.74, 6) is 1.65. The fraction of sp³-hybridized carbons (Fsp3) is 0.467. The number of nitrogen functional groups attached to an aromatic ring is 1. The molecule has 2 amide bonds. The van der Waals surface area contributed by atoms with Gasteiger partial charge in [0.15, 0.2) is 0 Å². The Morgan fingerprint density at radius 1 is 1.29 bits per heavy atom. The number of carbonyl (C=O) groups excluding carboxylic acids is 2. The van der Waals surface area contributed by atoms with Gasteiger partial charge in [0.05, 0.1) is 6.54 Å². The first-order valence-electron chi connectivity index (χ1n) is 7.03. The second kappa shape index (κ2) is 9.28. The molecule has 1 atom stereocenters. The van der Waals surface area contributed by atoms with Crippen LogP contribution in [0.5, 0.6) is 0 Å². The highest BCUT2D eigenvalue weighted by molar-refractivity contribution is 7.99. The van der Waals surface area contributed by atoms with Crippen molar-refractivity contribution in [1.82, 2.24) is 10.6 Å². The van der Waals surface area contributed by atoms with Gasteiger partial charge in [-0.15, -0.1) is 0 Å². The highest BCUT2D eigenvalue weighted by atomic mass is 32.2.